The van der Waals surface area contributed by atoms with Gasteiger partial charge in [-0.3, -0.25) is 9.59 Å². The molecule has 8 heteroatoms. The number of likely N-dealkylation sites (tertiary alicyclic amines) is 1. The summed E-state index contributed by atoms with van der Waals surface area (Å²) in [6.45, 7) is 2.32. The smallest absolute Gasteiger partial charge is 0.232 e. The number of carbonyl (C=O) groups is 2. The number of hydrogen-bond donors (Lipinski definition) is 1. The molecule has 2 amide bonds. The summed E-state index contributed by atoms with van der Waals surface area (Å²) in [6.07, 6.45) is 0.881. The number of rotatable bonds is 6. The van der Waals surface area contributed by atoms with Crippen molar-refractivity contribution in [2.24, 2.45) is 11.7 Å². The van der Waals surface area contributed by atoms with Gasteiger partial charge in [-0.1, -0.05) is 23.4 Å². The first-order valence-corrected chi connectivity index (χ1v) is 8.48. The number of primary amides is 1. The molecule has 0 radical (unpaired) electrons. The lowest BCUT2D eigenvalue weighted by Crippen LogP contribution is -2.32. The first-order valence-electron chi connectivity index (χ1n) is 8.48. The minimum atomic E-state index is -0.523. The van der Waals surface area contributed by atoms with Gasteiger partial charge in [0.05, 0.1) is 18.9 Å². The number of benzene rings is 1. The number of methoxy groups -OCH3 is 1. The Balaban J connectivity index is 1.67. The number of nitrogens with two attached hydrogens (primary N) is 1. The van der Waals surface area contributed by atoms with Gasteiger partial charge in [-0.2, -0.15) is 4.98 Å². The second-order valence-electron chi connectivity index (χ2n) is 6.41. The molecule has 1 aliphatic heterocycles. The Morgan fingerprint density at radius 1 is 1.35 bits per heavy atom. The van der Waals surface area contributed by atoms with E-state index in [2.05, 4.69) is 10.1 Å². The first-order chi connectivity index (χ1) is 12.5. The largest absolute Gasteiger partial charge is 0.496 e. The van der Waals surface area contributed by atoms with Crippen LogP contribution in [-0.2, 0) is 16.0 Å². The summed E-state index contributed by atoms with van der Waals surface area (Å²) in [5.74, 6) is 0.215. The number of aromatic nitrogens is 2. The Morgan fingerprint density at radius 2 is 2.12 bits per heavy atom. The number of hydrogen-bond acceptors (Lipinski definition) is 6. The number of nitrogens with zero attached hydrogens (tertiary/aromatic N) is 3. The van der Waals surface area contributed by atoms with E-state index in [1.807, 2.05) is 24.3 Å². The Bertz CT molecular complexity index is 804. The lowest BCUT2D eigenvalue weighted by Gasteiger charge is -2.16. The predicted octanol–water partition coefficient (Wildman–Crippen LogP) is 1.05. The van der Waals surface area contributed by atoms with Crippen molar-refractivity contribution in [2.45, 2.75) is 25.7 Å². The molecule has 0 saturated carbocycles. The normalized spacial score (nSPS) is 19.5. The molecule has 0 unspecified atom stereocenters. The molecule has 2 heterocycles. The summed E-state index contributed by atoms with van der Waals surface area (Å²) in [5, 5.41) is 3.76. The standard InChI is InChI=1S/C18H22N4O4/c1-11-20-18(26-21-11)14-10-22(9-13(14)17(19)24)16(23)8-7-12-5-3-4-6-15(12)25-2/h3-6,13-14H,7-10H2,1-2H3,(H2,19,24)/t13-,14-/m1/s1. The zero-order valence-electron chi connectivity index (χ0n) is 14.8. The maximum atomic E-state index is 12.6. The topological polar surface area (TPSA) is 112 Å². The van der Waals surface area contributed by atoms with Crippen molar-refractivity contribution in [1.29, 1.82) is 0 Å². The van der Waals surface area contributed by atoms with Crippen molar-refractivity contribution in [3.63, 3.8) is 0 Å². The van der Waals surface area contributed by atoms with Gasteiger partial charge in [-0.05, 0) is 25.0 Å². The lowest BCUT2D eigenvalue weighted by molar-refractivity contribution is -0.130. The first kappa shape index (κ1) is 17.9. The second kappa shape index (κ2) is 7.55. The molecule has 138 valence electrons. The summed E-state index contributed by atoms with van der Waals surface area (Å²) in [4.78, 5) is 30.3. The van der Waals surface area contributed by atoms with Gasteiger partial charge in [0.25, 0.3) is 0 Å². The number of carbonyl (C=O) groups excluding carboxylic acids is 2. The van der Waals surface area contributed by atoms with Gasteiger partial charge in [0.2, 0.25) is 17.7 Å². The third kappa shape index (κ3) is 3.68. The lowest BCUT2D eigenvalue weighted by atomic mass is 9.95. The molecule has 1 fully saturated rings. The highest BCUT2D eigenvalue weighted by molar-refractivity contribution is 5.82. The van der Waals surface area contributed by atoms with Gasteiger partial charge in [0.1, 0.15) is 5.75 Å². The van der Waals surface area contributed by atoms with Crippen LogP contribution in [0, 0.1) is 12.8 Å². The molecule has 2 aromatic rings. The van der Waals surface area contributed by atoms with Crippen molar-refractivity contribution in [3.8, 4) is 5.75 Å². The van der Waals surface area contributed by atoms with E-state index < -0.39 is 11.8 Å². The average molecular weight is 358 g/mol. The van der Waals surface area contributed by atoms with Gasteiger partial charge in [0, 0.05) is 19.5 Å². The van der Waals surface area contributed by atoms with Crippen LogP contribution in [0.3, 0.4) is 0 Å². The van der Waals surface area contributed by atoms with E-state index in [9.17, 15) is 9.59 Å². The highest BCUT2D eigenvalue weighted by atomic mass is 16.5. The van der Waals surface area contributed by atoms with Gasteiger partial charge >= 0.3 is 0 Å². The summed E-state index contributed by atoms with van der Waals surface area (Å²) in [7, 11) is 1.61. The molecule has 2 atom stereocenters. The molecule has 8 nitrogen and oxygen atoms in total. The monoisotopic (exact) mass is 358 g/mol. The molecule has 3 rings (SSSR count). The van der Waals surface area contributed by atoms with Crippen LogP contribution < -0.4 is 10.5 Å². The van der Waals surface area contributed by atoms with Gasteiger partial charge in [0.15, 0.2) is 5.82 Å². The van der Waals surface area contributed by atoms with Crippen molar-refractivity contribution in [3.05, 3.63) is 41.5 Å². The number of aryl methyl sites for hydroxylation is 2. The van der Waals surface area contributed by atoms with Gasteiger partial charge < -0.3 is 19.9 Å². The zero-order valence-corrected chi connectivity index (χ0v) is 14.8. The van der Waals surface area contributed by atoms with Crippen LogP contribution >= 0.6 is 0 Å². The molecule has 0 bridgehead atoms. The highest BCUT2D eigenvalue weighted by Gasteiger charge is 2.42. The molecule has 2 N–H and O–H groups in total. The number of para-hydroxylation sites is 1. The third-order valence-electron chi connectivity index (χ3n) is 4.70. The minimum Gasteiger partial charge on any atom is -0.496 e. The molecule has 0 spiro atoms. The summed E-state index contributed by atoms with van der Waals surface area (Å²) in [6, 6.07) is 7.60. The maximum Gasteiger partial charge on any atom is 0.232 e. The fourth-order valence-electron chi connectivity index (χ4n) is 3.32. The van der Waals surface area contributed by atoms with Crippen molar-refractivity contribution in [1.82, 2.24) is 15.0 Å². The van der Waals surface area contributed by atoms with Crippen LogP contribution in [0.2, 0.25) is 0 Å². The van der Waals surface area contributed by atoms with Crippen molar-refractivity contribution in [2.75, 3.05) is 20.2 Å². The Hall–Kier alpha value is -2.90. The SMILES string of the molecule is COc1ccccc1CCC(=O)N1C[C@@H](C(N)=O)[C@H](c2nc(C)no2)C1. The van der Waals surface area contributed by atoms with Crippen LogP contribution in [0.25, 0.3) is 0 Å². The highest BCUT2D eigenvalue weighted by Crippen LogP contribution is 2.32. The molecule has 1 saturated heterocycles. The van der Waals surface area contributed by atoms with Crippen molar-refractivity contribution < 1.29 is 18.8 Å². The van der Waals surface area contributed by atoms with E-state index in [-0.39, 0.29) is 18.4 Å². The molecular formula is C18H22N4O4. The maximum absolute atomic E-state index is 12.6. The number of ether oxygens (including phenoxy) is 1. The Kier molecular flexibility index (Phi) is 5.20. The van der Waals surface area contributed by atoms with Crippen LogP contribution in [-0.4, -0.2) is 47.1 Å². The van der Waals surface area contributed by atoms with Gasteiger partial charge in [-0.25, -0.2) is 0 Å². The predicted molar refractivity (Wildman–Crippen MR) is 92.4 cm³/mol. The molecule has 1 aliphatic rings. The average Bonchev–Trinajstić information content (AvgIpc) is 3.26. The molecular weight excluding hydrogens is 336 g/mol. The molecule has 0 aliphatic carbocycles. The third-order valence-corrected chi connectivity index (χ3v) is 4.70. The van der Waals surface area contributed by atoms with Crippen LogP contribution in [0.15, 0.2) is 28.8 Å². The molecule has 1 aromatic heterocycles. The van der Waals surface area contributed by atoms with E-state index in [1.165, 1.54) is 0 Å². The zero-order chi connectivity index (χ0) is 18.7. The fourth-order valence-corrected chi connectivity index (χ4v) is 3.32. The molecule has 26 heavy (non-hydrogen) atoms. The summed E-state index contributed by atoms with van der Waals surface area (Å²) >= 11 is 0. The Labute approximate surface area is 151 Å². The summed E-state index contributed by atoms with van der Waals surface area (Å²) in [5.41, 5.74) is 6.48. The van der Waals surface area contributed by atoms with Crippen LogP contribution in [0.1, 0.15) is 29.6 Å². The Morgan fingerprint density at radius 3 is 2.77 bits per heavy atom. The second-order valence-corrected chi connectivity index (χ2v) is 6.41. The summed E-state index contributed by atoms with van der Waals surface area (Å²) < 4.78 is 10.5. The van der Waals surface area contributed by atoms with Crippen LogP contribution in [0.5, 0.6) is 5.75 Å². The van der Waals surface area contributed by atoms with E-state index in [0.717, 1.165) is 11.3 Å². The number of amides is 2. The van der Waals surface area contributed by atoms with E-state index in [1.54, 1.807) is 18.9 Å². The van der Waals surface area contributed by atoms with E-state index >= 15 is 0 Å². The van der Waals surface area contributed by atoms with Crippen molar-refractivity contribution >= 4 is 11.8 Å². The molecule has 1 aromatic carbocycles. The van der Waals surface area contributed by atoms with E-state index in [0.29, 0.717) is 31.1 Å². The van der Waals surface area contributed by atoms with Crippen LogP contribution in [0.4, 0.5) is 0 Å². The van der Waals surface area contributed by atoms with Gasteiger partial charge in [-0.15, -0.1) is 0 Å². The minimum absolute atomic E-state index is 0.0408. The fraction of sp³-hybridized carbons (Fsp3) is 0.444. The quantitative estimate of drug-likeness (QED) is 0.826. The van der Waals surface area contributed by atoms with E-state index in [4.69, 9.17) is 15.0 Å².